The second kappa shape index (κ2) is 4.30. The lowest BCUT2D eigenvalue weighted by molar-refractivity contribution is 0.388. The van der Waals surface area contributed by atoms with Gasteiger partial charge < -0.3 is 10.2 Å². The zero-order valence-electron chi connectivity index (χ0n) is 10.2. The second-order valence-corrected chi connectivity index (χ2v) is 4.55. The molecule has 0 amide bonds. The molecule has 0 aliphatic carbocycles. The van der Waals surface area contributed by atoms with Crippen molar-refractivity contribution < 1.29 is 4.42 Å². The number of hydrogen-bond acceptors (Lipinski definition) is 2. The molecule has 1 unspecified atom stereocenters. The third-order valence-electron chi connectivity index (χ3n) is 3.38. The van der Waals surface area contributed by atoms with Gasteiger partial charge in [0.25, 0.3) is 0 Å². The van der Waals surface area contributed by atoms with E-state index in [4.69, 9.17) is 10.2 Å². The number of rotatable bonds is 3. The maximum absolute atomic E-state index is 6.17. The highest BCUT2D eigenvalue weighted by molar-refractivity contribution is 5.81. The molecule has 2 nitrogen and oxygen atoms in total. The van der Waals surface area contributed by atoms with Gasteiger partial charge in [0, 0.05) is 5.39 Å². The number of hydrogen-bond donors (Lipinski definition) is 1. The molecule has 1 aromatic carbocycles. The lowest BCUT2D eigenvalue weighted by Gasteiger charge is -2.15. The average Bonchev–Trinajstić information content (AvgIpc) is 2.72. The minimum absolute atomic E-state index is 0.00296. The van der Waals surface area contributed by atoms with Crippen molar-refractivity contribution in [3.8, 4) is 0 Å². The summed E-state index contributed by atoms with van der Waals surface area (Å²) in [6.07, 6.45) is 1.07. The maximum Gasteiger partial charge on any atom is 0.134 e. The van der Waals surface area contributed by atoms with Crippen molar-refractivity contribution in [3.63, 3.8) is 0 Å². The third kappa shape index (κ3) is 1.85. The van der Waals surface area contributed by atoms with Crippen LogP contribution in [0.4, 0.5) is 0 Å². The topological polar surface area (TPSA) is 39.2 Å². The molecule has 1 heterocycles. The number of fused-ring (bicyclic) bond motifs is 1. The van der Waals surface area contributed by atoms with E-state index in [1.807, 2.05) is 12.1 Å². The quantitative estimate of drug-likeness (QED) is 0.849. The molecule has 0 aliphatic rings. The van der Waals surface area contributed by atoms with Crippen LogP contribution in [0.2, 0.25) is 0 Å². The minimum Gasteiger partial charge on any atom is -0.459 e. The molecule has 0 fully saturated rings. The van der Waals surface area contributed by atoms with Crippen molar-refractivity contribution in [2.24, 2.45) is 11.7 Å². The molecule has 0 saturated heterocycles. The zero-order valence-corrected chi connectivity index (χ0v) is 10.2. The van der Waals surface area contributed by atoms with Gasteiger partial charge in [0.1, 0.15) is 11.3 Å². The Labute approximate surface area is 96.4 Å². The summed E-state index contributed by atoms with van der Waals surface area (Å²) in [4.78, 5) is 0. The van der Waals surface area contributed by atoms with Crippen LogP contribution >= 0.6 is 0 Å². The molecule has 1 aromatic heterocycles. The van der Waals surface area contributed by atoms with E-state index in [-0.39, 0.29) is 6.04 Å². The van der Waals surface area contributed by atoms with Gasteiger partial charge in [-0.25, -0.2) is 0 Å². The Kier molecular flexibility index (Phi) is 3.01. The second-order valence-electron chi connectivity index (χ2n) is 4.55. The molecule has 2 N–H and O–H groups in total. The van der Waals surface area contributed by atoms with E-state index < -0.39 is 0 Å². The van der Waals surface area contributed by atoms with Crippen LogP contribution in [0.15, 0.2) is 28.7 Å². The lowest BCUT2D eigenvalue weighted by Crippen LogP contribution is -2.17. The summed E-state index contributed by atoms with van der Waals surface area (Å²) in [6, 6.07) is 8.18. The van der Waals surface area contributed by atoms with E-state index in [1.54, 1.807) is 0 Å². The van der Waals surface area contributed by atoms with Gasteiger partial charge in [0.05, 0.1) is 6.04 Å². The molecule has 16 heavy (non-hydrogen) atoms. The summed E-state index contributed by atoms with van der Waals surface area (Å²) in [7, 11) is 0. The predicted molar refractivity (Wildman–Crippen MR) is 67.3 cm³/mol. The summed E-state index contributed by atoms with van der Waals surface area (Å²) in [5.74, 6) is 1.35. The number of benzene rings is 1. The lowest BCUT2D eigenvalue weighted by atomic mass is 9.98. The van der Waals surface area contributed by atoms with Gasteiger partial charge in [-0.1, -0.05) is 32.4 Å². The van der Waals surface area contributed by atoms with E-state index >= 15 is 0 Å². The molecule has 0 aliphatic heterocycles. The van der Waals surface area contributed by atoms with E-state index in [2.05, 4.69) is 32.9 Å². The summed E-state index contributed by atoms with van der Waals surface area (Å²) >= 11 is 0. The SMILES string of the molecule is CCC(C)[C@H](N)c1cc2c(C)cccc2o1. The minimum atomic E-state index is -0.00296. The van der Waals surface area contributed by atoms with Crippen molar-refractivity contribution in [2.45, 2.75) is 33.2 Å². The van der Waals surface area contributed by atoms with Crippen LogP contribution in [-0.2, 0) is 0 Å². The molecular formula is C14H19NO. The van der Waals surface area contributed by atoms with Gasteiger partial charge >= 0.3 is 0 Å². The van der Waals surface area contributed by atoms with Crippen LogP contribution in [0, 0.1) is 12.8 Å². The Morgan fingerprint density at radius 1 is 1.38 bits per heavy atom. The number of furan rings is 1. The smallest absolute Gasteiger partial charge is 0.134 e. The summed E-state index contributed by atoms with van der Waals surface area (Å²) in [6.45, 7) is 6.40. The number of aryl methyl sites for hydroxylation is 1. The highest BCUT2D eigenvalue weighted by Gasteiger charge is 2.17. The van der Waals surface area contributed by atoms with Crippen LogP contribution in [-0.4, -0.2) is 0 Å². The highest BCUT2D eigenvalue weighted by atomic mass is 16.3. The fourth-order valence-electron chi connectivity index (χ4n) is 1.93. The van der Waals surface area contributed by atoms with Crippen LogP contribution < -0.4 is 5.73 Å². The predicted octanol–water partition coefficient (Wildman–Crippen LogP) is 3.79. The monoisotopic (exact) mass is 217 g/mol. The first-order valence-electron chi connectivity index (χ1n) is 5.88. The van der Waals surface area contributed by atoms with Gasteiger partial charge in [-0.2, -0.15) is 0 Å². The molecule has 2 rings (SSSR count). The van der Waals surface area contributed by atoms with Crippen LogP contribution in [0.3, 0.4) is 0 Å². The molecule has 2 heteroatoms. The van der Waals surface area contributed by atoms with Crippen molar-refractivity contribution in [3.05, 3.63) is 35.6 Å². The van der Waals surface area contributed by atoms with Crippen LogP contribution in [0.25, 0.3) is 11.0 Å². The molecule has 0 saturated carbocycles. The summed E-state index contributed by atoms with van der Waals surface area (Å²) in [5.41, 5.74) is 8.35. The Morgan fingerprint density at radius 3 is 2.75 bits per heavy atom. The highest BCUT2D eigenvalue weighted by Crippen LogP contribution is 2.29. The Bertz CT molecular complexity index is 486. The molecule has 0 radical (unpaired) electrons. The Morgan fingerprint density at radius 2 is 2.12 bits per heavy atom. The van der Waals surface area contributed by atoms with Gasteiger partial charge in [0.2, 0.25) is 0 Å². The van der Waals surface area contributed by atoms with Gasteiger partial charge in [0.15, 0.2) is 0 Å². The average molecular weight is 217 g/mol. The zero-order chi connectivity index (χ0) is 11.7. The Hall–Kier alpha value is -1.28. The standard InChI is InChI=1S/C14H19NO/c1-4-9(2)14(15)13-8-11-10(3)6-5-7-12(11)16-13/h5-9,14H,4,15H2,1-3H3/t9?,14-/m0/s1. The third-order valence-corrected chi connectivity index (χ3v) is 3.38. The van der Waals surface area contributed by atoms with Crippen LogP contribution in [0.5, 0.6) is 0 Å². The first kappa shape index (κ1) is 11.2. The van der Waals surface area contributed by atoms with Crippen molar-refractivity contribution in [1.29, 1.82) is 0 Å². The molecular weight excluding hydrogens is 198 g/mol. The molecule has 2 atom stereocenters. The van der Waals surface area contributed by atoms with Crippen molar-refractivity contribution >= 4 is 11.0 Å². The maximum atomic E-state index is 6.17. The summed E-state index contributed by atoms with van der Waals surface area (Å²) in [5, 5.41) is 1.18. The molecule has 2 aromatic rings. The van der Waals surface area contributed by atoms with E-state index in [1.165, 1.54) is 10.9 Å². The normalized spacial score (nSPS) is 15.2. The molecule has 86 valence electrons. The molecule has 0 spiro atoms. The summed E-state index contributed by atoms with van der Waals surface area (Å²) < 4.78 is 5.81. The fraction of sp³-hybridized carbons (Fsp3) is 0.429. The number of nitrogens with two attached hydrogens (primary N) is 1. The van der Waals surface area contributed by atoms with Gasteiger partial charge in [-0.3, -0.25) is 0 Å². The molecule has 0 bridgehead atoms. The first-order chi connectivity index (χ1) is 7.63. The Balaban J connectivity index is 2.43. The fourth-order valence-corrected chi connectivity index (χ4v) is 1.93. The van der Waals surface area contributed by atoms with E-state index in [9.17, 15) is 0 Å². The van der Waals surface area contributed by atoms with E-state index in [0.29, 0.717) is 5.92 Å². The first-order valence-corrected chi connectivity index (χ1v) is 5.88. The largest absolute Gasteiger partial charge is 0.459 e. The van der Waals surface area contributed by atoms with E-state index in [0.717, 1.165) is 17.8 Å². The van der Waals surface area contributed by atoms with Crippen LogP contribution in [0.1, 0.15) is 37.6 Å². The van der Waals surface area contributed by atoms with Crippen molar-refractivity contribution in [2.75, 3.05) is 0 Å². The van der Waals surface area contributed by atoms with Gasteiger partial charge in [-0.05, 0) is 30.5 Å². The van der Waals surface area contributed by atoms with Gasteiger partial charge in [-0.15, -0.1) is 0 Å². The van der Waals surface area contributed by atoms with Crippen molar-refractivity contribution in [1.82, 2.24) is 0 Å².